The number of carboxylic acid groups (broad SMARTS) is 1. The lowest BCUT2D eigenvalue weighted by molar-refractivity contribution is -0.140. The minimum Gasteiger partial charge on any atom is -0.481 e. The third-order valence-corrected chi connectivity index (χ3v) is 1.84. The molecule has 1 N–H and O–H groups in total. The molecular formula is C8H12O2. The second-order valence-electron chi connectivity index (χ2n) is 3.50. The Labute approximate surface area is 60.6 Å². The van der Waals surface area contributed by atoms with Crippen molar-refractivity contribution in [1.82, 2.24) is 0 Å². The second-order valence-corrected chi connectivity index (χ2v) is 3.50. The Balaban J connectivity index is 2.62. The van der Waals surface area contributed by atoms with Crippen molar-refractivity contribution in [3.8, 4) is 0 Å². The van der Waals surface area contributed by atoms with E-state index in [0.717, 1.165) is 6.42 Å². The fraction of sp³-hybridized carbons (Fsp3) is 0.625. The molecule has 0 aliphatic heterocycles. The van der Waals surface area contributed by atoms with Gasteiger partial charge in [0.05, 0.1) is 5.92 Å². The fourth-order valence-corrected chi connectivity index (χ4v) is 1.25. The Morgan fingerprint density at radius 1 is 1.70 bits per heavy atom. The van der Waals surface area contributed by atoms with Gasteiger partial charge in [-0.15, -0.1) is 0 Å². The van der Waals surface area contributed by atoms with Crippen molar-refractivity contribution >= 4 is 5.97 Å². The molecule has 1 aliphatic rings. The first-order chi connectivity index (χ1) is 4.51. The van der Waals surface area contributed by atoms with E-state index >= 15 is 0 Å². The van der Waals surface area contributed by atoms with Crippen molar-refractivity contribution in [2.24, 2.45) is 11.3 Å². The second kappa shape index (κ2) is 2.11. The Morgan fingerprint density at radius 2 is 2.30 bits per heavy atom. The fourth-order valence-electron chi connectivity index (χ4n) is 1.25. The maximum atomic E-state index is 10.4. The summed E-state index contributed by atoms with van der Waals surface area (Å²) in [6, 6.07) is 0. The van der Waals surface area contributed by atoms with Gasteiger partial charge in [-0.25, -0.2) is 0 Å². The SMILES string of the molecule is CC1(C)C=CC(C(=O)O)C1. The number of carbonyl (C=O) groups is 1. The van der Waals surface area contributed by atoms with E-state index in [-0.39, 0.29) is 11.3 Å². The molecule has 1 rings (SSSR count). The highest BCUT2D eigenvalue weighted by molar-refractivity contribution is 5.73. The highest BCUT2D eigenvalue weighted by atomic mass is 16.4. The van der Waals surface area contributed by atoms with E-state index in [9.17, 15) is 4.79 Å². The Kier molecular flexibility index (Phi) is 1.55. The van der Waals surface area contributed by atoms with Gasteiger partial charge in [-0.1, -0.05) is 26.0 Å². The van der Waals surface area contributed by atoms with Crippen LogP contribution in [0.1, 0.15) is 20.3 Å². The highest BCUT2D eigenvalue weighted by Crippen LogP contribution is 2.34. The van der Waals surface area contributed by atoms with Crippen LogP contribution in [0.3, 0.4) is 0 Å². The van der Waals surface area contributed by atoms with Crippen LogP contribution in [0.4, 0.5) is 0 Å². The number of rotatable bonds is 1. The first-order valence-electron chi connectivity index (χ1n) is 3.43. The smallest absolute Gasteiger partial charge is 0.310 e. The van der Waals surface area contributed by atoms with Crippen LogP contribution in [0.2, 0.25) is 0 Å². The molecule has 0 saturated carbocycles. The van der Waals surface area contributed by atoms with E-state index in [1.165, 1.54) is 0 Å². The molecule has 1 atom stereocenters. The minimum atomic E-state index is -0.707. The molecule has 0 saturated heterocycles. The molecule has 0 heterocycles. The van der Waals surface area contributed by atoms with E-state index in [1.807, 2.05) is 19.9 Å². The molecular weight excluding hydrogens is 128 g/mol. The summed E-state index contributed by atoms with van der Waals surface area (Å²) in [6.07, 6.45) is 4.50. The monoisotopic (exact) mass is 140 g/mol. The van der Waals surface area contributed by atoms with E-state index in [4.69, 9.17) is 5.11 Å². The largest absolute Gasteiger partial charge is 0.481 e. The standard InChI is InChI=1S/C8H12O2/c1-8(2)4-3-6(5-8)7(9)10/h3-4,6H,5H2,1-2H3,(H,9,10). The highest BCUT2D eigenvalue weighted by Gasteiger charge is 2.29. The molecule has 0 bridgehead atoms. The molecule has 0 fully saturated rings. The van der Waals surface area contributed by atoms with Gasteiger partial charge in [0.1, 0.15) is 0 Å². The molecule has 0 amide bonds. The van der Waals surface area contributed by atoms with Crippen molar-refractivity contribution in [2.75, 3.05) is 0 Å². The molecule has 1 aliphatic carbocycles. The van der Waals surface area contributed by atoms with Crippen LogP contribution in [0, 0.1) is 11.3 Å². The molecule has 2 heteroatoms. The van der Waals surface area contributed by atoms with Gasteiger partial charge in [0.25, 0.3) is 0 Å². The zero-order chi connectivity index (χ0) is 7.78. The van der Waals surface area contributed by atoms with Crippen LogP contribution >= 0.6 is 0 Å². The van der Waals surface area contributed by atoms with E-state index in [1.54, 1.807) is 6.08 Å². The van der Waals surface area contributed by atoms with E-state index in [2.05, 4.69) is 0 Å². The minimum absolute atomic E-state index is 0.0864. The molecule has 1 unspecified atom stereocenters. The Bertz CT molecular complexity index is 180. The van der Waals surface area contributed by atoms with Crippen molar-refractivity contribution in [1.29, 1.82) is 0 Å². The van der Waals surface area contributed by atoms with Gasteiger partial charge in [0.15, 0.2) is 0 Å². The van der Waals surface area contributed by atoms with Gasteiger partial charge in [-0.2, -0.15) is 0 Å². The average molecular weight is 140 g/mol. The molecule has 56 valence electrons. The summed E-state index contributed by atoms with van der Waals surface area (Å²) in [6.45, 7) is 4.10. The Hall–Kier alpha value is -0.790. The predicted octanol–water partition coefficient (Wildman–Crippen LogP) is 1.67. The molecule has 0 radical (unpaired) electrons. The van der Waals surface area contributed by atoms with Crippen LogP contribution in [0.15, 0.2) is 12.2 Å². The number of hydrogen-bond acceptors (Lipinski definition) is 1. The summed E-state index contributed by atoms with van der Waals surface area (Å²) < 4.78 is 0. The van der Waals surface area contributed by atoms with E-state index < -0.39 is 5.97 Å². The normalized spacial score (nSPS) is 28.8. The van der Waals surface area contributed by atoms with Crippen molar-refractivity contribution in [3.05, 3.63) is 12.2 Å². The van der Waals surface area contributed by atoms with Gasteiger partial charge in [-0.05, 0) is 11.8 Å². The first-order valence-corrected chi connectivity index (χ1v) is 3.43. The summed E-state index contributed by atoms with van der Waals surface area (Å²) in [5, 5.41) is 8.59. The maximum Gasteiger partial charge on any atom is 0.310 e. The molecule has 0 spiro atoms. The van der Waals surface area contributed by atoms with Gasteiger partial charge in [0, 0.05) is 0 Å². The predicted molar refractivity (Wildman–Crippen MR) is 38.7 cm³/mol. The summed E-state index contributed by atoms with van der Waals surface area (Å²) >= 11 is 0. The van der Waals surface area contributed by atoms with Gasteiger partial charge in [0.2, 0.25) is 0 Å². The lowest BCUT2D eigenvalue weighted by atomic mass is 9.90. The molecule has 2 nitrogen and oxygen atoms in total. The van der Waals surface area contributed by atoms with Crippen LogP contribution in [-0.2, 0) is 4.79 Å². The van der Waals surface area contributed by atoms with Gasteiger partial charge < -0.3 is 5.11 Å². The van der Waals surface area contributed by atoms with Crippen molar-refractivity contribution in [2.45, 2.75) is 20.3 Å². The van der Waals surface area contributed by atoms with Crippen LogP contribution in [0.5, 0.6) is 0 Å². The third-order valence-electron chi connectivity index (χ3n) is 1.84. The summed E-state index contributed by atoms with van der Waals surface area (Å²) in [5.74, 6) is -0.961. The summed E-state index contributed by atoms with van der Waals surface area (Å²) in [4.78, 5) is 10.4. The molecule has 10 heavy (non-hydrogen) atoms. The van der Waals surface area contributed by atoms with Crippen LogP contribution < -0.4 is 0 Å². The van der Waals surface area contributed by atoms with Gasteiger partial charge >= 0.3 is 5.97 Å². The number of aliphatic carboxylic acids is 1. The molecule has 0 aromatic rings. The summed E-state index contributed by atoms with van der Waals surface area (Å²) in [7, 11) is 0. The lowest BCUT2D eigenvalue weighted by Crippen LogP contribution is -2.13. The third kappa shape index (κ3) is 1.38. The van der Waals surface area contributed by atoms with Gasteiger partial charge in [-0.3, -0.25) is 4.79 Å². The van der Waals surface area contributed by atoms with Crippen LogP contribution in [0.25, 0.3) is 0 Å². The Morgan fingerprint density at radius 3 is 2.50 bits per heavy atom. The number of carboxylic acids is 1. The zero-order valence-electron chi connectivity index (χ0n) is 6.29. The quantitative estimate of drug-likeness (QED) is 0.562. The zero-order valence-corrected chi connectivity index (χ0v) is 6.29. The average Bonchev–Trinajstić information content (AvgIpc) is 2.10. The van der Waals surface area contributed by atoms with E-state index in [0.29, 0.717) is 0 Å². The topological polar surface area (TPSA) is 37.3 Å². The van der Waals surface area contributed by atoms with Crippen LogP contribution in [-0.4, -0.2) is 11.1 Å². The van der Waals surface area contributed by atoms with Crippen molar-refractivity contribution in [3.63, 3.8) is 0 Å². The number of allylic oxidation sites excluding steroid dienone is 1. The molecule has 0 aromatic carbocycles. The number of hydrogen-bond donors (Lipinski definition) is 1. The first kappa shape index (κ1) is 7.32. The lowest BCUT2D eigenvalue weighted by Gasteiger charge is -2.14. The van der Waals surface area contributed by atoms with Crippen molar-refractivity contribution < 1.29 is 9.90 Å². The summed E-state index contributed by atoms with van der Waals surface area (Å²) in [5.41, 5.74) is 0.0864. The molecule has 0 aromatic heterocycles. The maximum absolute atomic E-state index is 10.4.